The number of Topliss-reactive ketones (excluding diaryl/α,β-unsaturated/α-hetero) is 1. The van der Waals surface area contributed by atoms with Gasteiger partial charge in [0.25, 0.3) is 5.69 Å². The Bertz CT molecular complexity index is 1780. The third-order valence-electron chi connectivity index (χ3n) is 8.28. The fourth-order valence-electron chi connectivity index (χ4n) is 6.15. The zero-order valence-corrected chi connectivity index (χ0v) is 26.4. The number of hydrogen-bond donors (Lipinski definition) is 1. The average molecular weight is 642 g/mol. The lowest BCUT2D eigenvalue weighted by atomic mass is 9.68. The molecule has 9 heteroatoms. The molecule has 0 saturated heterocycles. The third-order valence-corrected chi connectivity index (χ3v) is 8.94. The van der Waals surface area contributed by atoms with Gasteiger partial charge in [0.15, 0.2) is 5.78 Å². The van der Waals surface area contributed by atoms with Gasteiger partial charge >= 0.3 is 0 Å². The number of anilines is 1. The van der Waals surface area contributed by atoms with Crippen molar-refractivity contribution in [3.05, 3.63) is 120 Å². The molecule has 0 radical (unpaired) electrons. The first-order chi connectivity index (χ1) is 20.3. The summed E-state index contributed by atoms with van der Waals surface area (Å²) in [6.45, 7) is 10.2. The number of ether oxygens (including phenoxy) is 1. The maximum atomic E-state index is 14.0. The molecule has 1 aliphatic heterocycles. The molecule has 0 bridgehead atoms. The van der Waals surface area contributed by atoms with Crippen LogP contribution in [0.15, 0.2) is 81.7 Å². The number of carbonyl (C=O) groups excluding carboxylic acids is 1. The number of nitrogens with two attached hydrogens (primary N) is 1. The summed E-state index contributed by atoms with van der Waals surface area (Å²) in [6, 6.07) is 18.6. The van der Waals surface area contributed by atoms with Gasteiger partial charge in [0.1, 0.15) is 18.2 Å². The normalized spacial score (nSPS) is 17.9. The predicted octanol–water partition coefficient (Wildman–Crippen LogP) is 7.80. The molecule has 1 atom stereocenters. The number of nitro groups is 1. The molecule has 3 aromatic rings. The van der Waals surface area contributed by atoms with E-state index in [-0.39, 0.29) is 28.3 Å². The maximum Gasteiger partial charge on any atom is 0.271 e. The maximum absolute atomic E-state index is 14.0. The summed E-state index contributed by atoms with van der Waals surface area (Å²) in [5, 5.41) is 22.3. The highest BCUT2D eigenvalue weighted by Gasteiger charge is 2.45. The number of benzene rings is 3. The molecule has 8 nitrogen and oxygen atoms in total. The highest BCUT2D eigenvalue weighted by molar-refractivity contribution is 9.10. The minimum atomic E-state index is -0.679. The average Bonchev–Trinajstić information content (AvgIpc) is 2.93. The molecule has 220 valence electrons. The molecule has 1 aliphatic carbocycles. The van der Waals surface area contributed by atoms with Crippen molar-refractivity contribution < 1.29 is 14.5 Å². The Hall–Kier alpha value is -4.42. The number of aryl methyl sites for hydroxylation is 3. The second-order valence-electron chi connectivity index (χ2n) is 12.1. The van der Waals surface area contributed by atoms with E-state index in [2.05, 4.69) is 22.0 Å². The van der Waals surface area contributed by atoms with Gasteiger partial charge in [0.05, 0.1) is 32.6 Å². The van der Waals surface area contributed by atoms with E-state index in [1.807, 2.05) is 71.0 Å². The Labute approximate surface area is 259 Å². The first-order valence-corrected chi connectivity index (χ1v) is 14.8. The summed E-state index contributed by atoms with van der Waals surface area (Å²) < 4.78 is 6.99. The SMILES string of the molecule is Cc1cc(C)c(C2C(C#N)=C(N)N(c3cc([N+](=O)[O-])ccc3C)C3=C2C(=O)CC(C)(C)C3)cc1COc1ccccc1Br. The molecule has 1 unspecified atom stereocenters. The zero-order valence-electron chi connectivity index (χ0n) is 24.8. The van der Waals surface area contributed by atoms with Crippen molar-refractivity contribution in [3.63, 3.8) is 0 Å². The zero-order chi connectivity index (χ0) is 31.2. The van der Waals surface area contributed by atoms with Crippen LogP contribution in [0.3, 0.4) is 0 Å². The lowest BCUT2D eigenvalue weighted by molar-refractivity contribution is -0.384. The summed E-state index contributed by atoms with van der Waals surface area (Å²) in [4.78, 5) is 27.0. The minimum Gasteiger partial charge on any atom is -0.488 e. The fraction of sp³-hybridized carbons (Fsp3) is 0.294. The molecule has 0 fully saturated rings. The first-order valence-electron chi connectivity index (χ1n) is 14.0. The number of ketones is 1. The number of para-hydroxylation sites is 1. The summed E-state index contributed by atoms with van der Waals surface area (Å²) in [6.07, 6.45) is 0.820. The quantitative estimate of drug-likeness (QED) is 0.215. The lowest BCUT2D eigenvalue weighted by Gasteiger charge is -2.44. The number of halogens is 1. The number of carbonyl (C=O) groups is 1. The van der Waals surface area contributed by atoms with Crippen molar-refractivity contribution in [2.24, 2.45) is 11.1 Å². The van der Waals surface area contributed by atoms with E-state index in [9.17, 15) is 20.2 Å². The Morgan fingerprint density at radius 2 is 1.81 bits per heavy atom. The fourth-order valence-corrected chi connectivity index (χ4v) is 6.55. The second-order valence-corrected chi connectivity index (χ2v) is 12.9. The number of nitriles is 1. The van der Waals surface area contributed by atoms with Crippen LogP contribution in [-0.4, -0.2) is 10.7 Å². The molecule has 1 heterocycles. The molecule has 5 rings (SSSR count). The van der Waals surface area contributed by atoms with E-state index in [0.717, 1.165) is 32.3 Å². The van der Waals surface area contributed by atoms with Gasteiger partial charge in [-0.25, -0.2) is 0 Å². The predicted molar refractivity (Wildman–Crippen MR) is 169 cm³/mol. The smallest absolute Gasteiger partial charge is 0.271 e. The van der Waals surface area contributed by atoms with Crippen molar-refractivity contribution >= 4 is 33.1 Å². The van der Waals surface area contributed by atoms with Crippen LogP contribution in [0.1, 0.15) is 60.4 Å². The summed E-state index contributed by atoms with van der Waals surface area (Å²) in [5.41, 5.74) is 12.7. The summed E-state index contributed by atoms with van der Waals surface area (Å²) in [5.74, 6) is 0.143. The standard InChI is InChI=1S/C34H33BrN4O4/c1-19-10-11-23(39(41)42)14-27(19)38-28-15-34(4,5)16-29(40)32(28)31(25(17-36)33(38)37)24-13-22(20(2)12-21(24)3)18-43-30-9-7-6-8-26(30)35/h6-14,31H,15-16,18,37H2,1-5H3. The van der Waals surface area contributed by atoms with Gasteiger partial charge in [-0.15, -0.1) is 0 Å². The van der Waals surface area contributed by atoms with Crippen LogP contribution in [0.5, 0.6) is 5.75 Å². The summed E-state index contributed by atoms with van der Waals surface area (Å²) >= 11 is 3.53. The first kappa shape index (κ1) is 30.1. The van der Waals surface area contributed by atoms with Crippen LogP contribution in [-0.2, 0) is 11.4 Å². The number of hydrogen-bond acceptors (Lipinski definition) is 7. The highest BCUT2D eigenvalue weighted by atomic mass is 79.9. The van der Waals surface area contributed by atoms with Crippen LogP contribution >= 0.6 is 15.9 Å². The van der Waals surface area contributed by atoms with E-state index in [1.165, 1.54) is 12.1 Å². The highest BCUT2D eigenvalue weighted by Crippen LogP contribution is 2.51. The monoisotopic (exact) mass is 640 g/mol. The second kappa shape index (κ2) is 11.3. The minimum absolute atomic E-state index is 0.0597. The molecule has 0 spiro atoms. The largest absolute Gasteiger partial charge is 0.488 e. The van der Waals surface area contributed by atoms with Gasteiger partial charge in [-0.05, 0) is 88.5 Å². The van der Waals surface area contributed by atoms with E-state index in [0.29, 0.717) is 42.2 Å². The number of allylic oxidation sites excluding steroid dienone is 3. The van der Waals surface area contributed by atoms with Gasteiger partial charge in [0, 0.05) is 29.8 Å². The van der Waals surface area contributed by atoms with Gasteiger partial charge in [0.2, 0.25) is 0 Å². The van der Waals surface area contributed by atoms with E-state index in [4.69, 9.17) is 10.5 Å². The third kappa shape index (κ3) is 5.55. The molecule has 43 heavy (non-hydrogen) atoms. The van der Waals surface area contributed by atoms with Crippen LogP contribution in [0.4, 0.5) is 11.4 Å². The molecule has 0 aromatic heterocycles. The Kier molecular flexibility index (Phi) is 7.93. The molecular weight excluding hydrogens is 608 g/mol. The molecule has 3 aromatic carbocycles. The van der Waals surface area contributed by atoms with Crippen LogP contribution in [0.25, 0.3) is 0 Å². The number of nitrogens with zero attached hydrogens (tertiary/aromatic N) is 3. The number of nitro benzene ring substituents is 1. The molecule has 2 N–H and O–H groups in total. The Morgan fingerprint density at radius 1 is 1.09 bits per heavy atom. The molecule has 2 aliphatic rings. The van der Waals surface area contributed by atoms with Crippen LogP contribution in [0.2, 0.25) is 0 Å². The topological polar surface area (TPSA) is 122 Å². The number of non-ortho nitro benzene ring substituents is 1. The van der Waals surface area contributed by atoms with Gasteiger partial charge in [-0.3, -0.25) is 19.8 Å². The van der Waals surface area contributed by atoms with Crippen molar-refractivity contribution in [2.75, 3.05) is 4.90 Å². The van der Waals surface area contributed by atoms with Crippen molar-refractivity contribution in [1.82, 2.24) is 0 Å². The van der Waals surface area contributed by atoms with Crippen LogP contribution < -0.4 is 15.4 Å². The van der Waals surface area contributed by atoms with Gasteiger partial charge in [-0.1, -0.05) is 44.2 Å². The van der Waals surface area contributed by atoms with E-state index >= 15 is 0 Å². The van der Waals surface area contributed by atoms with Crippen molar-refractivity contribution in [2.45, 2.75) is 60.0 Å². The molecular formula is C34H33BrN4O4. The lowest BCUT2D eigenvalue weighted by Crippen LogP contribution is -2.42. The number of rotatable bonds is 6. The molecule has 0 saturated carbocycles. The van der Waals surface area contributed by atoms with Crippen molar-refractivity contribution in [1.29, 1.82) is 5.26 Å². The Morgan fingerprint density at radius 3 is 2.49 bits per heavy atom. The molecule has 0 amide bonds. The summed E-state index contributed by atoms with van der Waals surface area (Å²) in [7, 11) is 0. The van der Waals surface area contributed by atoms with E-state index < -0.39 is 10.8 Å². The van der Waals surface area contributed by atoms with Gasteiger partial charge in [-0.2, -0.15) is 5.26 Å². The van der Waals surface area contributed by atoms with E-state index in [1.54, 1.807) is 11.0 Å². The van der Waals surface area contributed by atoms with Gasteiger partial charge < -0.3 is 10.5 Å². The Balaban J connectivity index is 1.70. The van der Waals surface area contributed by atoms with Crippen LogP contribution in [0, 0.1) is 47.6 Å². The van der Waals surface area contributed by atoms with Crippen molar-refractivity contribution in [3.8, 4) is 11.8 Å².